The summed E-state index contributed by atoms with van der Waals surface area (Å²) in [5, 5.41) is 17.0. The summed E-state index contributed by atoms with van der Waals surface area (Å²) in [5.74, 6) is 1.22. The minimum absolute atomic E-state index is 0.281. The van der Waals surface area contributed by atoms with Crippen molar-refractivity contribution in [3.8, 4) is 11.4 Å². The number of ether oxygens (including phenoxy) is 2. The van der Waals surface area contributed by atoms with E-state index in [1.54, 1.807) is 36.9 Å². The Hall–Kier alpha value is -2.68. The Kier molecular flexibility index (Phi) is 6.50. The van der Waals surface area contributed by atoms with Gasteiger partial charge >= 0.3 is 6.03 Å². The second-order valence-corrected chi connectivity index (χ2v) is 4.96. The second kappa shape index (κ2) is 8.82. The predicted molar refractivity (Wildman–Crippen MR) is 88.6 cm³/mol. The molecule has 0 aliphatic heterocycles. The summed E-state index contributed by atoms with van der Waals surface area (Å²) in [6, 6.07) is 4.97. The zero-order valence-corrected chi connectivity index (χ0v) is 14.1. The fourth-order valence-corrected chi connectivity index (χ4v) is 2.08. The molecule has 2 amide bonds. The molecule has 1 heterocycles. The highest BCUT2D eigenvalue weighted by Crippen LogP contribution is 2.26. The molecule has 9 nitrogen and oxygen atoms in total. The van der Waals surface area contributed by atoms with Crippen LogP contribution in [-0.2, 0) is 4.74 Å². The molecule has 0 spiro atoms. The topological polar surface area (TPSA) is 103 Å². The number of nitrogens with zero attached hydrogens (tertiary/aromatic N) is 4. The molecule has 0 saturated carbocycles. The summed E-state index contributed by atoms with van der Waals surface area (Å²) in [5.41, 5.74) is 1.26. The third kappa shape index (κ3) is 4.66. The average Bonchev–Trinajstić information content (AvgIpc) is 3.00. The number of methoxy groups -OCH3 is 1. The number of carbonyl (C=O) groups is 1. The van der Waals surface area contributed by atoms with Crippen molar-refractivity contribution in [3.63, 3.8) is 0 Å². The van der Waals surface area contributed by atoms with Gasteiger partial charge in [0.1, 0.15) is 11.4 Å². The summed E-state index contributed by atoms with van der Waals surface area (Å²) in [4.78, 5) is 11.9. The normalized spacial score (nSPS) is 10.5. The van der Waals surface area contributed by atoms with Gasteiger partial charge in [0.25, 0.3) is 0 Å². The van der Waals surface area contributed by atoms with Crippen molar-refractivity contribution in [1.29, 1.82) is 0 Å². The molecule has 0 saturated heterocycles. The van der Waals surface area contributed by atoms with Crippen LogP contribution in [0.25, 0.3) is 5.69 Å². The molecule has 0 atom stereocenters. The lowest BCUT2D eigenvalue weighted by molar-refractivity contribution is 0.145. The zero-order chi connectivity index (χ0) is 17.4. The van der Waals surface area contributed by atoms with Gasteiger partial charge in [-0.25, -0.2) is 4.79 Å². The molecule has 2 aromatic rings. The van der Waals surface area contributed by atoms with E-state index in [0.29, 0.717) is 42.7 Å². The summed E-state index contributed by atoms with van der Waals surface area (Å²) >= 11 is 0. The fourth-order valence-electron chi connectivity index (χ4n) is 2.08. The van der Waals surface area contributed by atoms with Gasteiger partial charge in [-0.05, 0) is 48.9 Å². The van der Waals surface area contributed by atoms with Crippen LogP contribution in [0.3, 0.4) is 0 Å². The number of amides is 2. The van der Waals surface area contributed by atoms with Crippen LogP contribution in [0.4, 0.5) is 10.5 Å². The maximum atomic E-state index is 11.9. The maximum Gasteiger partial charge on any atom is 0.319 e. The first kappa shape index (κ1) is 17.7. The van der Waals surface area contributed by atoms with E-state index in [4.69, 9.17) is 9.47 Å². The van der Waals surface area contributed by atoms with Crippen molar-refractivity contribution in [2.45, 2.75) is 20.3 Å². The summed E-state index contributed by atoms with van der Waals surface area (Å²) in [6.45, 7) is 5.57. The van der Waals surface area contributed by atoms with Gasteiger partial charge < -0.3 is 20.1 Å². The molecule has 2 rings (SSSR count). The van der Waals surface area contributed by atoms with E-state index < -0.39 is 0 Å². The number of nitrogens with one attached hydrogen (secondary N) is 2. The largest absolute Gasteiger partial charge is 0.494 e. The Bertz CT molecular complexity index is 673. The first-order valence-corrected chi connectivity index (χ1v) is 7.71. The smallest absolute Gasteiger partial charge is 0.319 e. The predicted octanol–water partition coefficient (Wildman–Crippen LogP) is 1.53. The number of aromatic nitrogens is 4. The van der Waals surface area contributed by atoms with Crippen molar-refractivity contribution in [3.05, 3.63) is 24.0 Å². The van der Waals surface area contributed by atoms with Gasteiger partial charge in [-0.2, -0.15) is 4.68 Å². The lowest BCUT2D eigenvalue weighted by atomic mass is 10.2. The molecule has 0 aliphatic rings. The number of hydrogen-bond acceptors (Lipinski definition) is 6. The quantitative estimate of drug-likeness (QED) is 0.710. The van der Waals surface area contributed by atoms with Crippen LogP contribution in [0.15, 0.2) is 18.2 Å². The molecule has 0 fully saturated rings. The number of tetrazole rings is 1. The minimum atomic E-state index is -0.281. The highest BCUT2D eigenvalue weighted by molar-refractivity contribution is 5.89. The van der Waals surface area contributed by atoms with E-state index in [1.807, 2.05) is 6.92 Å². The number of benzene rings is 1. The third-order valence-electron chi connectivity index (χ3n) is 3.25. The number of urea groups is 1. The molecule has 1 aromatic carbocycles. The molecule has 0 bridgehead atoms. The molecule has 0 radical (unpaired) electrons. The van der Waals surface area contributed by atoms with Gasteiger partial charge in [0.15, 0.2) is 5.82 Å². The summed E-state index contributed by atoms with van der Waals surface area (Å²) in [7, 11) is 1.57. The van der Waals surface area contributed by atoms with Crippen molar-refractivity contribution < 1.29 is 14.3 Å². The Balaban J connectivity index is 2.01. The van der Waals surface area contributed by atoms with Gasteiger partial charge in [-0.1, -0.05) is 0 Å². The van der Waals surface area contributed by atoms with Crippen LogP contribution < -0.4 is 15.4 Å². The van der Waals surface area contributed by atoms with Crippen LogP contribution in [0.5, 0.6) is 5.75 Å². The SMILES string of the molecule is CCOCCCNC(=O)Nc1ccc(OC)c(-n2nnnc2C)c1. The molecule has 130 valence electrons. The Morgan fingerprint density at radius 2 is 2.21 bits per heavy atom. The van der Waals surface area contributed by atoms with Crippen LogP contribution >= 0.6 is 0 Å². The van der Waals surface area contributed by atoms with Crippen LogP contribution in [0.1, 0.15) is 19.2 Å². The first-order valence-electron chi connectivity index (χ1n) is 7.71. The minimum Gasteiger partial charge on any atom is -0.494 e. The van der Waals surface area contributed by atoms with Crippen molar-refractivity contribution in [1.82, 2.24) is 25.5 Å². The molecule has 0 unspecified atom stereocenters. The standard InChI is InChI=1S/C15H22N6O3/c1-4-24-9-5-8-16-15(22)17-12-6-7-14(23-3)13(10-12)21-11(2)18-19-20-21/h6-7,10H,4-5,8-9H2,1-3H3,(H2,16,17,22). The molecular formula is C15H22N6O3. The highest BCUT2D eigenvalue weighted by atomic mass is 16.5. The number of aryl methyl sites for hydroxylation is 1. The Labute approximate surface area is 140 Å². The van der Waals surface area contributed by atoms with Gasteiger partial charge in [0, 0.05) is 25.4 Å². The number of anilines is 1. The highest BCUT2D eigenvalue weighted by Gasteiger charge is 2.12. The monoisotopic (exact) mass is 334 g/mol. The van der Waals surface area contributed by atoms with Gasteiger partial charge in [-0.3, -0.25) is 0 Å². The lowest BCUT2D eigenvalue weighted by Gasteiger charge is -2.12. The molecule has 24 heavy (non-hydrogen) atoms. The molecule has 1 aromatic heterocycles. The lowest BCUT2D eigenvalue weighted by Crippen LogP contribution is -2.30. The number of rotatable bonds is 8. The number of hydrogen-bond donors (Lipinski definition) is 2. The maximum absolute atomic E-state index is 11.9. The van der Waals surface area contributed by atoms with Crippen molar-refractivity contribution in [2.24, 2.45) is 0 Å². The van der Waals surface area contributed by atoms with E-state index in [2.05, 4.69) is 26.2 Å². The van der Waals surface area contributed by atoms with Crippen molar-refractivity contribution >= 4 is 11.7 Å². The first-order chi connectivity index (χ1) is 11.7. The Morgan fingerprint density at radius 1 is 1.38 bits per heavy atom. The van der Waals surface area contributed by atoms with E-state index >= 15 is 0 Å². The Morgan fingerprint density at radius 3 is 2.88 bits per heavy atom. The number of carbonyl (C=O) groups excluding carboxylic acids is 1. The zero-order valence-electron chi connectivity index (χ0n) is 14.1. The van der Waals surface area contributed by atoms with Crippen LogP contribution in [0, 0.1) is 6.92 Å². The van der Waals surface area contributed by atoms with Gasteiger partial charge in [0.2, 0.25) is 0 Å². The third-order valence-corrected chi connectivity index (χ3v) is 3.25. The van der Waals surface area contributed by atoms with Gasteiger partial charge in [0.05, 0.1) is 7.11 Å². The van der Waals surface area contributed by atoms with E-state index in [0.717, 1.165) is 6.42 Å². The molecule has 9 heteroatoms. The second-order valence-electron chi connectivity index (χ2n) is 4.96. The van der Waals surface area contributed by atoms with Crippen LogP contribution in [0.2, 0.25) is 0 Å². The van der Waals surface area contributed by atoms with E-state index in [-0.39, 0.29) is 6.03 Å². The van der Waals surface area contributed by atoms with E-state index in [1.165, 1.54) is 0 Å². The molecule has 2 N–H and O–H groups in total. The summed E-state index contributed by atoms with van der Waals surface area (Å²) in [6.07, 6.45) is 0.763. The molecule has 0 aliphatic carbocycles. The van der Waals surface area contributed by atoms with Crippen LogP contribution in [-0.4, -0.2) is 53.1 Å². The average molecular weight is 334 g/mol. The van der Waals surface area contributed by atoms with Gasteiger partial charge in [-0.15, -0.1) is 5.10 Å². The van der Waals surface area contributed by atoms with E-state index in [9.17, 15) is 4.79 Å². The van der Waals surface area contributed by atoms with Crippen molar-refractivity contribution in [2.75, 3.05) is 32.2 Å². The summed E-state index contributed by atoms with van der Waals surface area (Å²) < 4.78 is 12.1. The molecular weight excluding hydrogens is 312 g/mol. The fraction of sp³-hybridized carbons (Fsp3) is 0.467.